The SMILES string of the molecule is CC/C=C\C/C=C\C/C=C\C/C=C\CCCCC(=O)OCC(COCCCCCCCCCC/C=C\C/C=C\C/C=C\CC)OC(=O)CCCCCCC/C=C\C/C=C\C/C=C\CC. The maximum atomic E-state index is 12.8. The fraction of sp³-hybridized carbons (Fsp3) is 0.627. The molecule has 0 aromatic carbocycles. The Labute approximate surface area is 395 Å². The van der Waals surface area contributed by atoms with Crippen molar-refractivity contribution in [1.29, 1.82) is 0 Å². The lowest BCUT2D eigenvalue weighted by Crippen LogP contribution is -2.30. The van der Waals surface area contributed by atoms with Crippen molar-refractivity contribution in [1.82, 2.24) is 0 Å². The number of rotatable bonds is 46. The van der Waals surface area contributed by atoms with E-state index in [0.29, 0.717) is 19.4 Å². The summed E-state index contributed by atoms with van der Waals surface area (Å²) in [6, 6.07) is 0. The van der Waals surface area contributed by atoms with Gasteiger partial charge in [-0.1, -0.05) is 200 Å². The predicted molar refractivity (Wildman–Crippen MR) is 279 cm³/mol. The second kappa shape index (κ2) is 53.6. The molecule has 0 aliphatic heterocycles. The predicted octanol–water partition coefficient (Wildman–Crippen LogP) is 17.8. The molecule has 0 aliphatic carbocycles. The molecule has 0 aliphatic rings. The fourth-order valence-electron chi connectivity index (χ4n) is 6.70. The standard InChI is InChI=1S/C59H96O5/c1-4-7-10-13-16-19-22-25-28-29-30-33-36-39-42-45-48-51-54-62-55-57(64-59(61)53-50-47-44-41-38-35-32-27-24-21-18-15-12-9-6-3)56-63-58(60)52-49-46-43-40-37-34-31-26-23-20-17-14-11-8-5-2/h7-12,16-21,25-28,31-32,37,40,57H,4-6,13-15,22-24,29-30,33-36,38-39,41-56H2,1-3H3/b10-7-,11-8-,12-9-,19-16-,20-17-,21-18-,28-25-,31-26-,32-27-,40-37-. The van der Waals surface area contributed by atoms with E-state index in [9.17, 15) is 9.59 Å². The van der Waals surface area contributed by atoms with Gasteiger partial charge in [-0.3, -0.25) is 9.59 Å². The number of unbranched alkanes of at least 4 members (excludes halogenated alkanes) is 15. The summed E-state index contributed by atoms with van der Waals surface area (Å²) in [5.41, 5.74) is 0. The molecule has 0 saturated heterocycles. The van der Waals surface area contributed by atoms with Crippen molar-refractivity contribution in [2.45, 2.75) is 219 Å². The number of esters is 2. The Morgan fingerprint density at radius 3 is 1.08 bits per heavy atom. The summed E-state index contributed by atoms with van der Waals surface area (Å²) < 4.78 is 17.4. The van der Waals surface area contributed by atoms with Gasteiger partial charge >= 0.3 is 11.9 Å². The van der Waals surface area contributed by atoms with E-state index in [-0.39, 0.29) is 25.2 Å². The van der Waals surface area contributed by atoms with Crippen molar-refractivity contribution in [3.05, 3.63) is 122 Å². The molecule has 5 nitrogen and oxygen atoms in total. The van der Waals surface area contributed by atoms with E-state index in [1.54, 1.807) is 0 Å². The Morgan fingerprint density at radius 2 is 0.656 bits per heavy atom. The van der Waals surface area contributed by atoms with Crippen LogP contribution in [0.4, 0.5) is 0 Å². The Hall–Kier alpha value is -3.70. The van der Waals surface area contributed by atoms with E-state index in [0.717, 1.165) is 122 Å². The number of ether oxygens (including phenoxy) is 3. The molecule has 0 heterocycles. The quantitative estimate of drug-likeness (QED) is 0.0346. The summed E-state index contributed by atoms with van der Waals surface area (Å²) in [5, 5.41) is 0. The number of hydrogen-bond donors (Lipinski definition) is 0. The third-order valence-corrected chi connectivity index (χ3v) is 10.5. The summed E-state index contributed by atoms with van der Waals surface area (Å²) in [7, 11) is 0. The van der Waals surface area contributed by atoms with Gasteiger partial charge in [0.05, 0.1) is 6.61 Å². The highest BCUT2D eigenvalue weighted by Crippen LogP contribution is 2.13. The molecular formula is C59H96O5. The normalized spacial score (nSPS) is 13.2. The average Bonchev–Trinajstić information content (AvgIpc) is 3.30. The summed E-state index contributed by atoms with van der Waals surface area (Å²) in [4.78, 5) is 25.4. The Kier molecular flexibility index (Phi) is 50.5. The Morgan fingerprint density at radius 1 is 0.344 bits per heavy atom. The maximum absolute atomic E-state index is 12.8. The molecule has 0 aromatic heterocycles. The lowest BCUT2D eigenvalue weighted by atomic mass is 10.1. The fourth-order valence-corrected chi connectivity index (χ4v) is 6.70. The molecule has 0 bridgehead atoms. The van der Waals surface area contributed by atoms with Gasteiger partial charge in [-0.15, -0.1) is 0 Å². The average molecular weight is 885 g/mol. The van der Waals surface area contributed by atoms with E-state index >= 15 is 0 Å². The minimum Gasteiger partial charge on any atom is -0.462 e. The van der Waals surface area contributed by atoms with Crippen LogP contribution < -0.4 is 0 Å². The lowest BCUT2D eigenvalue weighted by molar-refractivity contribution is -0.163. The topological polar surface area (TPSA) is 61.8 Å². The second-order valence-corrected chi connectivity index (χ2v) is 16.6. The number of hydrogen-bond acceptors (Lipinski definition) is 5. The summed E-state index contributed by atoms with van der Waals surface area (Å²) >= 11 is 0. The molecule has 0 spiro atoms. The Balaban J connectivity index is 4.40. The van der Waals surface area contributed by atoms with Gasteiger partial charge in [0.1, 0.15) is 6.61 Å². The highest BCUT2D eigenvalue weighted by atomic mass is 16.6. The molecule has 1 atom stereocenters. The van der Waals surface area contributed by atoms with E-state index < -0.39 is 6.10 Å². The largest absolute Gasteiger partial charge is 0.462 e. The summed E-state index contributed by atoms with van der Waals surface area (Å²) in [5.74, 6) is -0.476. The van der Waals surface area contributed by atoms with Crippen LogP contribution in [0.15, 0.2) is 122 Å². The molecule has 0 rings (SSSR count). The van der Waals surface area contributed by atoms with Crippen LogP contribution in [-0.2, 0) is 23.8 Å². The molecule has 0 amide bonds. The number of carbonyl (C=O) groups is 2. The van der Waals surface area contributed by atoms with E-state index in [1.165, 1.54) is 57.8 Å². The third-order valence-electron chi connectivity index (χ3n) is 10.5. The van der Waals surface area contributed by atoms with Crippen molar-refractivity contribution >= 4 is 11.9 Å². The van der Waals surface area contributed by atoms with Crippen LogP contribution in [0.3, 0.4) is 0 Å². The molecule has 0 aromatic rings. The van der Waals surface area contributed by atoms with Crippen LogP contribution in [0.5, 0.6) is 0 Å². The molecule has 0 saturated carbocycles. The zero-order chi connectivity index (χ0) is 46.3. The molecule has 0 radical (unpaired) electrons. The second-order valence-electron chi connectivity index (χ2n) is 16.6. The van der Waals surface area contributed by atoms with Crippen molar-refractivity contribution < 1.29 is 23.8 Å². The molecule has 1 unspecified atom stereocenters. The van der Waals surface area contributed by atoms with Gasteiger partial charge < -0.3 is 14.2 Å². The van der Waals surface area contributed by atoms with E-state index in [1.807, 2.05) is 0 Å². The zero-order valence-electron chi connectivity index (χ0n) is 41.5. The zero-order valence-corrected chi connectivity index (χ0v) is 41.5. The van der Waals surface area contributed by atoms with Crippen molar-refractivity contribution in [3.63, 3.8) is 0 Å². The highest BCUT2D eigenvalue weighted by Gasteiger charge is 2.17. The van der Waals surface area contributed by atoms with Gasteiger partial charge in [0.25, 0.3) is 0 Å². The summed E-state index contributed by atoms with van der Waals surface area (Å²) in [6.07, 6.45) is 75.0. The van der Waals surface area contributed by atoms with E-state index in [2.05, 4.69) is 142 Å². The Bertz CT molecular complexity index is 1320. The van der Waals surface area contributed by atoms with Gasteiger partial charge in [-0.05, 0) is 122 Å². The molecule has 0 N–H and O–H groups in total. The molecule has 362 valence electrons. The first-order chi connectivity index (χ1) is 31.6. The van der Waals surface area contributed by atoms with Crippen LogP contribution in [0.2, 0.25) is 0 Å². The van der Waals surface area contributed by atoms with Gasteiger partial charge in [-0.2, -0.15) is 0 Å². The molecule has 0 fully saturated rings. The van der Waals surface area contributed by atoms with E-state index in [4.69, 9.17) is 14.2 Å². The first kappa shape index (κ1) is 60.3. The molecule has 64 heavy (non-hydrogen) atoms. The first-order valence-corrected chi connectivity index (χ1v) is 26.1. The van der Waals surface area contributed by atoms with Crippen LogP contribution >= 0.6 is 0 Å². The third kappa shape index (κ3) is 50.9. The van der Waals surface area contributed by atoms with Gasteiger partial charge in [0, 0.05) is 19.4 Å². The van der Waals surface area contributed by atoms with Crippen LogP contribution in [0, 0.1) is 0 Å². The number of carbonyl (C=O) groups excluding carboxylic acids is 2. The number of allylic oxidation sites excluding steroid dienone is 20. The van der Waals surface area contributed by atoms with Gasteiger partial charge in [0.15, 0.2) is 6.10 Å². The monoisotopic (exact) mass is 885 g/mol. The smallest absolute Gasteiger partial charge is 0.306 e. The lowest BCUT2D eigenvalue weighted by Gasteiger charge is -2.18. The van der Waals surface area contributed by atoms with Crippen LogP contribution in [0.1, 0.15) is 213 Å². The van der Waals surface area contributed by atoms with Gasteiger partial charge in [-0.25, -0.2) is 0 Å². The minimum atomic E-state index is -0.574. The van der Waals surface area contributed by atoms with Crippen molar-refractivity contribution in [2.24, 2.45) is 0 Å². The summed E-state index contributed by atoms with van der Waals surface area (Å²) in [6.45, 7) is 7.40. The molecule has 5 heteroatoms. The van der Waals surface area contributed by atoms with Crippen molar-refractivity contribution in [2.75, 3.05) is 19.8 Å². The van der Waals surface area contributed by atoms with Gasteiger partial charge in [0.2, 0.25) is 0 Å². The molecular weight excluding hydrogens is 789 g/mol. The highest BCUT2D eigenvalue weighted by molar-refractivity contribution is 5.70. The first-order valence-electron chi connectivity index (χ1n) is 26.1. The minimum absolute atomic E-state index is 0.0461. The van der Waals surface area contributed by atoms with Crippen LogP contribution in [-0.4, -0.2) is 37.9 Å². The van der Waals surface area contributed by atoms with Crippen molar-refractivity contribution in [3.8, 4) is 0 Å². The maximum Gasteiger partial charge on any atom is 0.306 e. The van der Waals surface area contributed by atoms with Crippen LogP contribution in [0.25, 0.3) is 0 Å².